The Bertz CT molecular complexity index is 760. The normalized spacial score (nSPS) is 11.4. The molecule has 0 amide bonds. The molecule has 0 spiro atoms. The van der Waals surface area contributed by atoms with E-state index in [0.29, 0.717) is 11.6 Å². The van der Waals surface area contributed by atoms with Crippen LogP contribution in [0.5, 0.6) is 0 Å². The van der Waals surface area contributed by atoms with Gasteiger partial charge in [-0.25, -0.2) is 21.6 Å². The van der Waals surface area contributed by atoms with Crippen molar-refractivity contribution in [1.82, 2.24) is 0 Å². The van der Waals surface area contributed by atoms with Crippen molar-refractivity contribution in [1.29, 1.82) is 0 Å². The monoisotopic (exact) mass is 301 g/mol. The van der Waals surface area contributed by atoms with Crippen LogP contribution >= 0.6 is 0 Å². The third-order valence-corrected chi connectivity index (χ3v) is 4.03. The Hall–Kier alpha value is -2.02. The minimum absolute atomic E-state index is 0.00581. The highest BCUT2D eigenvalue weighted by Crippen LogP contribution is 2.22. The van der Waals surface area contributed by atoms with Gasteiger partial charge in [-0.2, -0.15) is 0 Å². The summed E-state index contributed by atoms with van der Waals surface area (Å²) in [5.41, 5.74) is 0.464. The second-order valence-electron chi connectivity index (χ2n) is 4.14. The summed E-state index contributed by atoms with van der Waals surface area (Å²) in [6.45, 7) is 1.57. The molecule has 0 heterocycles. The smallest absolute Gasteiger partial charge is 0.264 e. The van der Waals surface area contributed by atoms with Crippen LogP contribution in [0.2, 0.25) is 0 Å². The van der Waals surface area contributed by atoms with E-state index in [9.17, 15) is 21.6 Å². The fourth-order valence-electron chi connectivity index (χ4n) is 1.60. The molecule has 106 valence electrons. The summed E-state index contributed by atoms with van der Waals surface area (Å²) in [4.78, 5) is -0.706. The van der Waals surface area contributed by atoms with Crippen molar-refractivity contribution in [3.8, 4) is 0 Å². The number of aryl methyl sites for hydroxylation is 1. The van der Waals surface area contributed by atoms with Crippen molar-refractivity contribution < 1.29 is 21.6 Å². The van der Waals surface area contributed by atoms with Crippen molar-refractivity contribution in [3.05, 3.63) is 59.4 Å². The summed E-state index contributed by atoms with van der Waals surface area (Å²) in [6, 6.07) is 5.64. The molecule has 0 radical (unpaired) electrons. The molecule has 2 rings (SSSR count). The number of hydrogen-bond acceptors (Lipinski definition) is 2. The lowest BCUT2D eigenvalue weighted by atomic mass is 10.2. The van der Waals surface area contributed by atoms with Gasteiger partial charge in [0.15, 0.2) is 0 Å². The van der Waals surface area contributed by atoms with Gasteiger partial charge < -0.3 is 0 Å². The molecule has 0 aliphatic carbocycles. The summed E-state index contributed by atoms with van der Waals surface area (Å²) in [7, 11) is -4.26. The number of sulfonamides is 1. The van der Waals surface area contributed by atoms with Crippen LogP contribution in [0.3, 0.4) is 0 Å². The van der Waals surface area contributed by atoms with Gasteiger partial charge in [0.2, 0.25) is 0 Å². The molecule has 2 aromatic rings. The zero-order chi connectivity index (χ0) is 14.9. The third kappa shape index (κ3) is 2.93. The quantitative estimate of drug-likeness (QED) is 0.946. The molecule has 20 heavy (non-hydrogen) atoms. The van der Waals surface area contributed by atoms with E-state index >= 15 is 0 Å². The van der Waals surface area contributed by atoms with E-state index in [0.717, 1.165) is 18.2 Å². The average Bonchev–Trinajstić information content (AvgIpc) is 2.33. The van der Waals surface area contributed by atoms with E-state index in [4.69, 9.17) is 0 Å². The second kappa shape index (κ2) is 5.16. The number of hydrogen-bond donors (Lipinski definition) is 1. The van der Waals surface area contributed by atoms with Crippen LogP contribution < -0.4 is 4.72 Å². The van der Waals surface area contributed by atoms with Gasteiger partial charge in [-0.1, -0.05) is 6.07 Å². The van der Waals surface area contributed by atoms with Crippen molar-refractivity contribution in [2.45, 2.75) is 11.8 Å². The van der Waals surface area contributed by atoms with Crippen LogP contribution in [-0.2, 0) is 10.0 Å². The predicted molar refractivity (Wildman–Crippen MR) is 68.3 cm³/mol. The molecule has 0 aliphatic heterocycles. The third-order valence-electron chi connectivity index (χ3n) is 2.63. The summed E-state index contributed by atoms with van der Waals surface area (Å²) in [6.07, 6.45) is 0. The number of benzene rings is 2. The van der Waals surface area contributed by atoms with E-state index in [-0.39, 0.29) is 5.69 Å². The zero-order valence-corrected chi connectivity index (χ0v) is 11.1. The molecule has 1 N–H and O–H groups in total. The molecule has 2 aromatic carbocycles. The molecule has 0 aliphatic rings. The molecule has 0 saturated heterocycles. The Balaban J connectivity index is 2.43. The highest BCUT2D eigenvalue weighted by Gasteiger charge is 2.20. The lowest BCUT2D eigenvalue weighted by molar-refractivity contribution is 0.551. The maximum atomic E-state index is 13.5. The maximum Gasteiger partial charge on any atom is 0.264 e. The van der Waals surface area contributed by atoms with Gasteiger partial charge >= 0.3 is 0 Å². The molecule has 0 bridgehead atoms. The predicted octanol–water partition coefficient (Wildman–Crippen LogP) is 3.21. The molecule has 0 aromatic heterocycles. The molecule has 0 saturated carbocycles. The van der Waals surface area contributed by atoms with Gasteiger partial charge in [0.25, 0.3) is 10.0 Å². The SMILES string of the molecule is Cc1ccc(F)cc1NS(=O)(=O)c1ccc(F)cc1F. The van der Waals surface area contributed by atoms with Crippen molar-refractivity contribution in [2.75, 3.05) is 4.72 Å². The van der Waals surface area contributed by atoms with Gasteiger partial charge in [0.05, 0.1) is 5.69 Å². The average molecular weight is 301 g/mol. The number of halogens is 3. The summed E-state index contributed by atoms with van der Waals surface area (Å²) < 4.78 is 65.4. The second-order valence-corrected chi connectivity index (χ2v) is 5.79. The Morgan fingerprint density at radius 1 is 0.950 bits per heavy atom. The van der Waals surface area contributed by atoms with Crippen molar-refractivity contribution in [2.24, 2.45) is 0 Å². The fourth-order valence-corrected chi connectivity index (χ4v) is 2.78. The lowest BCUT2D eigenvalue weighted by Crippen LogP contribution is -2.15. The first-order valence-corrected chi connectivity index (χ1v) is 7.02. The Kier molecular flexibility index (Phi) is 3.71. The molecular weight excluding hydrogens is 291 g/mol. The Labute approximate surface area is 114 Å². The van der Waals surface area contributed by atoms with E-state index in [1.807, 2.05) is 0 Å². The van der Waals surface area contributed by atoms with Gasteiger partial charge in [-0.05, 0) is 36.8 Å². The maximum absolute atomic E-state index is 13.5. The first-order valence-electron chi connectivity index (χ1n) is 5.53. The van der Waals surface area contributed by atoms with Crippen LogP contribution in [0.1, 0.15) is 5.56 Å². The minimum atomic E-state index is -4.26. The first-order chi connectivity index (χ1) is 9.29. The molecule has 0 atom stereocenters. The van der Waals surface area contributed by atoms with Crippen molar-refractivity contribution >= 4 is 15.7 Å². The van der Waals surface area contributed by atoms with E-state index < -0.39 is 32.4 Å². The Morgan fingerprint density at radius 2 is 1.55 bits per heavy atom. The van der Waals surface area contributed by atoms with Crippen LogP contribution in [0.15, 0.2) is 41.3 Å². The van der Waals surface area contributed by atoms with Gasteiger partial charge in [0, 0.05) is 6.07 Å². The van der Waals surface area contributed by atoms with Crippen molar-refractivity contribution in [3.63, 3.8) is 0 Å². The number of rotatable bonds is 3. The van der Waals surface area contributed by atoms with E-state index in [1.165, 1.54) is 12.1 Å². The number of nitrogens with one attached hydrogen (secondary N) is 1. The molecule has 7 heteroatoms. The van der Waals surface area contributed by atoms with Crippen LogP contribution in [-0.4, -0.2) is 8.42 Å². The molecule has 3 nitrogen and oxygen atoms in total. The molecule has 0 fully saturated rings. The minimum Gasteiger partial charge on any atom is -0.279 e. The first kappa shape index (κ1) is 14.4. The van der Waals surface area contributed by atoms with Gasteiger partial charge in [-0.3, -0.25) is 4.72 Å². The van der Waals surface area contributed by atoms with E-state index in [2.05, 4.69) is 4.72 Å². The van der Waals surface area contributed by atoms with Crippen LogP contribution in [0, 0.1) is 24.4 Å². The summed E-state index contributed by atoms with van der Waals surface area (Å²) in [5, 5.41) is 0. The highest BCUT2D eigenvalue weighted by atomic mass is 32.2. The number of anilines is 1. The summed E-state index contributed by atoms with van der Waals surface area (Å²) in [5.74, 6) is -2.73. The van der Waals surface area contributed by atoms with E-state index in [1.54, 1.807) is 6.92 Å². The van der Waals surface area contributed by atoms with Crippen LogP contribution in [0.25, 0.3) is 0 Å². The van der Waals surface area contributed by atoms with Crippen LogP contribution in [0.4, 0.5) is 18.9 Å². The standard InChI is InChI=1S/C13H10F3NO2S/c1-8-2-3-10(15)7-12(8)17-20(18,19)13-5-4-9(14)6-11(13)16/h2-7,17H,1H3. The summed E-state index contributed by atoms with van der Waals surface area (Å²) >= 11 is 0. The fraction of sp³-hybridized carbons (Fsp3) is 0.0769. The van der Waals surface area contributed by atoms with Gasteiger partial charge in [0.1, 0.15) is 22.3 Å². The molecule has 0 unspecified atom stereocenters. The Morgan fingerprint density at radius 3 is 2.20 bits per heavy atom. The largest absolute Gasteiger partial charge is 0.279 e. The zero-order valence-electron chi connectivity index (χ0n) is 10.3. The van der Waals surface area contributed by atoms with Gasteiger partial charge in [-0.15, -0.1) is 0 Å². The topological polar surface area (TPSA) is 46.2 Å². The highest BCUT2D eigenvalue weighted by molar-refractivity contribution is 7.92. The molecular formula is C13H10F3NO2S. The lowest BCUT2D eigenvalue weighted by Gasteiger charge is -2.11.